The molecule has 0 fully saturated rings. The Balaban J connectivity index is 2.04. The number of unbranched alkanes of at least 4 members (excludes halogenated alkanes) is 3. The summed E-state index contributed by atoms with van der Waals surface area (Å²) in [6, 6.07) is 8.92. The Kier molecular flexibility index (Phi) is 9.30. The first-order valence-electron chi connectivity index (χ1n) is 6.91. The van der Waals surface area contributed by atoms with Crippen LogP contribution in [0.4, 0.5) is 0 Å². The van der Waals surface area contributed by atoms with Gasteiger partial charge in [-0.25, -0.2) is 0 Å². The SMILES string of the molecule is CC=C(CCCCCC)OOOOOc1ccccc1. The van der Waals surface area contributed by atoms with Crippen LogP contribution in [-0.2, 0) is 20.0 Å². The fourth-order valence-electron chi connectivity index (χ4n) is 1.56. The summed E-state index contributed by atoms with van der Waals surface area (Å²) in [4.78, 5) is 9.73. The van der Waals surface area contributed by atoms with Crippen molar-refractivity contribution in [3.05, 3.63) is 42.2 Å². The highest BCUT2D eigenvalue weighted by Crippen LogP contribution is 2.12. The van der Waals surface area contributed by atoms with Crippen LogP contribution < -0.4 is 4.89 Å². The van der Waals surface area contributed by atoms with Gasteiger partial charge in [-0.2, -0.15) is 0 Å². The topological polar surface area (TPSA) is 46.2 Å². The second kappa shape index (κ2) is 11.3. The summed E-state index contributed by atoms with van der Waals surface area (Å²) < 4.78 is 0. The highest BCUT2D eigenvalue weighted by atomic mass is 17.8. The monoisotopic (exact) mass is 282 g/mol. The van der Waals surface area contributed by atoms with Crippen molar-refractivity contribution in [2.24, 2.45) is 0 Å². The van der Waals surface area contributed by atoms with Crippen molar-refractivity contribution in [3.63, 3.8) is 0 Å². The number of hydrogen-bond donors (Lipinski definition) is 0. The second-order valence-corrected chi connectivity index (χ2v) is 4.25. The molecule has 112 valence electrons. The number of rotatable bonds is 11. The standard InChI is InChI=1S/C15H22O5/c1-3-5-6-8-11-14(4-2)16-18-20-19-17-15-12-9-7-10-13-15/h4,7,9-10,12-13H,3,5-6,8,11H2,1-2H3. The minimum atomic E-state index is 0.502. The van der Waals surface area contributed by atoms with Crippen LogP contribution in [0.15, 0.2) is 42.2 Å². The summed E-state index contributed by atoms with van der Waals surface area (Å²) in [6.07, 6.45) is 7.29. The molecule has 5 heteroatoms. The van der Waals surface area contributed by atoms with E-state index in [1.807, 2.05) is 31.2 Å². The highest BCUT2D eigenvalue weighted by molar-refractivity contribution is 5.19. The van der Waals surface area contributed by atoms with E-state index in [9.17, 15) is 0 Å². The average molecular weight is 282 g/mol. The van der Waals surface area contributed by atoms with Crippen LogP contribution in [0.1, 0.15) is 46.0 Å². The van der Waals surface area contributed by atoms with Gasteiger partial charge in [0, 0.05) is 21.5 Å². The molecule has 20 heavy (non-hydrogen) atoms. The highest BCUT2D eigenvalue weighted by Gasteiger charge is 2.01. The van der Waals surface area contributed by atoms with Gasteiger partial charge in [0.25, 0.3) is 0 Å². The second-order valence-electron chi connectivity index (χ2n) is 4.25. The molecule has 0 bridgehead atoms. The van der Waals surface area contributed by atoms with Gasteiger partial charge < -0.3 is 9.78 Å². The smallest absolute Gasteiger partial charge is 0.168 e. The van der Waals surface area contributed by atoms with Crippen molar-refractivity contribution in [2.75, 3.05) is 0 Å². The molecule has 0 saturated heterocycles. The Hall–Kier alpha value is -1.56. The fourth-order valence-corrected chi connectivity index (χ4v) is 1.56. The molecule has 0 heterocycles. The normalized spacial score (nSPS) is 11.4. The van der Waals surface area contributed by atoms with Gasteiger partial charge in [0.1, 0.15) is 5.76 Å². The van der Waals surface area contributed by atoms with Crippen LogP contribution in [0.5, 0.6) is 5.75 Å². The summed E-state index contributed by atoms with van der Waals surface area (Å²) in [5.74, 6) is 1.20. The lowest BCUT2D eigenvalue weighted by atomic mass is 10.1. The van der Waals surface area contributed by atoms with E-state index in [2.05, 4.69) is 22.0 Å². The summed E-state index contributed by atoms with van der Waals surface area (Å²) in [5, 5.41) is 13.1. The number of allylic oxidation sites excluding steroid dienone is 2. The van der Waals surface area contributed by atoms with Crippen molar-refractivity contribution in [1.29, 1.82) is 0 Å². The zero-order valence-electron chi connectivity index (χ0n) is 12.0. The Labute approximate surface area is 119 Å². The third-order valence-corrected chi connectivity index (χ3v) is 2.67. The molecular formula is C15H22O5. The van der Waals surface area contributed by atoms with Crippen LogP contribution in [-0.4, -0.2) is 0 Å². The van der Waals surface area contributed by atoms with E-state index in [1.54, 1.807) is 12.1 Å². The number of benzene rings is 1. The van der Waals surface area contributed by atoms with Gasteiger partial charge in [0.2, 0.25) is 0 Å². The van der Waals surface area contributed by atoms with E-state index >= 15 is 0 Å². The predicted octanol–water partition coefficient (Wildman–Crippen LogP) is 4.67. The van der Waals surface area contributed by atoms with Gasteiger partial charge in [-0.3, -0.25) is 0 Å². The summed E-state index contributed by atoms with van der Waals surface area (Å²) in [7, 11) is 0. The summed E-state index contributed by atoms with van der Waals surface area (Å²) in [6.45, 7) is 4.05. The maximum absolute atomic E-state index is 4.94. The van der Waals surface area contributed by atoms with Gasteiger partial charge >= 0.3 is 0 Å². The van der Waals surface area contributed by atoms with E-state index in [0.29, 0.717) is 11.5 Å². The third kappa shape index (κ3) is 7.78. The Bertz CT molecular complexity index is 364. The molecule has 1 aromatic carbocycles. The molecule has 0 aliphatic heterocycles. The van der Waals surface area contributed by atoms with E-state index in [-0.39, 0.29) is 0 Å². The van der Waals surface area contributed by atoms with E-state index in [4.69, 9.17) is 9.78 Å². The summed E-state index contributed by atoms with van der Waals surface area (Å²) >= 11 is 0. The molecule has 1 aromatic rings. The molecule has 0 N–H and O–H groups in total. The van der Waals surface area contributed by atoms with Crippen LogP contribution in [0, 0.1) is 0 Å². The summed E-state index contributed by atoms with van der Waals surface area (Å²) in [5.41, 5.74) is 0. The zero-order chi connectivity index (χ0) is 14.5. The molecule has 0 amide bonds. The predicted molar refractivity (Wildman–Crippen MR) is 73.9 cm³/mol. The zero-order valence-corrected chi connectivity index (χ0v) is 12.0. The maximum Gasteiger partial charge on any atom is 0.168 e. The van der Waals surface area contributed by atoms with Crippen molar-refractivity contribution < 1.29 is 24.9 Å². The van der Waals surface area contributed by atoms with Crippen molar-refractivity contribution in [1.82, 2.24) is 0 Å². The number of hydrogen-bond acceptors (Lipinski definition) is 5. The first kappa shape index (κ1) is 16.5. The molecule has 0 spiro atoms. The molecule has 0 aromatic heterocycles. The lowest BCUT2D eigenvalue weighted by Crippen LogP contribution is -2.02. The average Bonchev–Trinajstić information content (AvgIpc) is 2.50. The van der Waals surface area contributed by atoms with Gasteiger partial charge in [-0.1, -0.05) is 44.4 Å². The van der Waals surface area contributed by atoms with Crippen molar-refractivity contribution in [3.8, 4) is 5.75 Å². The molecule has 5 nitrogen and oxygen atoms in total. The van der Waals surface area contributed by atoms with Gasteiger partial charge in [0.15, 0.2) is 5.75 Å². The van der Waals surface area contributed by atoms with Crippen molar-refractivity contribution in [2.45, 2.75) is 46.0 Å². The lowest BCUT2D eigenvalue weighted by Gasteiger charge is -2.06. The van der Waals surface area contributed by atoms with Crippen LogP contribution in [0.25, 0.3) is 0 Å². The first-order chi connectivity index (χ1) is 9.86. The minimum Gasteiger partial charge on any atom is -0.311 e. The van der Waals surface area contributed by atoms with Crippen LogP contribution >= 0.6 is 0 Å². The Morgan fingerprint density at radius 1 is 1.00 bits per heavy atom. The van der Waals surface area contributed by atoms with E-state index in [1.165, 1.54) is 19.3 Å². The van der Waals surface area contributed by atoms with E-state index in [0.717, 1.165) is 12.8 Å². The third-order valence-electron chi connectivity index (χ3n) is 2.67. The van der Waals surface area contributed by atoms with E-state index < -0.39 is 0 Å². The molecule has 0 radical (unpaired) electrons. The van der Waals surface area contributed by atoms with Crippen LogP contribution in [0.3, 0.4) is 0 Å². The molecule has 0 aliphatic rings. The molecule has 0 aliphatic carbocycles. The minimum absolute atomic E-state index is 0.502. The Morgan fingerprint density at radius 2 is 1.80 bits per heavy atom. The van der Waals surface area contributed by atoms with Gasteiger partial charge in [-0.05, 0) is 31.6 Å². The maximum atomic E-state index is 4.94. The van der Waals surface area contributed by atoms with Gasteiger partial charge in [0.05, 0.1) is 0 Å². The molecule has 0 atom stereocenters. The van der Waals surface area contributed by atoms with Crippen molar-refractivity contribution >= 4 is 0 Å². The molecule has 0 unspecified atom stereocenters. The first-order valence-corrected chi connectivity index (χ1v) is 6.91. The molecule has 0 saturated carbocycles. The lowest BCUT2D eigenvalue weighted by molar-refractivity contribution is -0.685. The fraction of sp³-hybridized carbons (Fsp3) is 0.467. The molecular weight excluding hydrogens is 260 g/mol. The van der Waals surface area contributed by atoms with Crippen LogP contribution in [0.2, 0.25) is 0 Å². The molecule has 1 rings (SSSR count). The quantitative estimate of drug-likeness (QED) is 0.255. The number of para-hydroxylation sites is 1. The largest absolute Gasteiger partial charge is 0.311 e. The Morgan fingerprint density at radius 3 is 2.50 bits per heavy atom. The van der Waals surface area contributed by atoms with Gasteiger partial charge in [-0.15, -0.1) is 0 Å².